The van der Waals surface area contributed by atoms with Gasteiger partial charge in [-0.2, -0.15) is 0 Å². The molecular weight excluding hydrogens is 264 g/mol. The van der Waals surface area contributed by atoms with E-state index in [1.54, 1.807) is 27.7 Å². The molecule has 1 saturated heterocycles. The van der Waals surface area contributed by atoms with Crippen LogP contribution in [0.1, 0.15) is 34.1 Å². The molecule has 0 aliphatic carbocycles. The average Bonchev–Trinajstić information content (AvgIpc) is 2.83. The molecule has 1 aliphatic heterocycles. The minimum atomic E-state index is -0.812. The van der Waals surface area contributed by atoms with E-state index in [4.69, 9.17) is 9.47 Å². The predicted octanol–water partition coefficient (Wildman–Crippen LogP) is 1.32. The zero-order chi connectivity index (χ0) is 15.5. The van der Waals surface area contributed by atoms with Gasteiger partial charge >= 0.3 is 17.9 Å². The van der Waals surface area contributed by atoms with E-state index in [1.807, 2.05) is 0 Å². The second-order valence-corrected chi connectivity index (χ2v) is 5.71. The number of hydrogen-bond acceptors (Lipinski definition) is 6. The fourth-order valence-corrected chi connectivity index (χ4v) is 1.99. The number of ether oxygens (including phenoxy) is 3. The van der Waals surface area contributed by atoms with E-state index >= 15 is 0 Å². The molecule has 20 heavy (non-hydrogen) atoms. The van der Waals surface area contributed by atoms with Gasteiger partial charge in [-0.05, 0) is 13.8 Å². The highest BCUT2D eigenvalue weighted by atomic mass is 16.6. The molecule has 0 aromatic carbocycles. The molecule has 3 atom stereocenters. The third-order valence-electron chi connectivity index (χ3n) is 3.90. The van der Waals surface area contributed by atoms with Gasteiger partial charge in [-0.25, -0.2) is 0 Å². The van der Waals surface area contributed by atoms with Crippen LogP contribution in [0.4, 0.5) is 0 Å². The number of carbonyl (C=O) groups excluding carboxylic acids is 3. The number of carbonyl (C=O) groups is 3. The first-order valence-corrected chi connectivity index (χ1v) is 6.65. The van der Waals surface area contributed by atoms with Crippen molar-refractivity contribution >= 4 is 17.9 Å². The predicted molar refractivity (Wildman–Crippen MR) is 69.6 cm³/mol. The summed E-state index contributed by atoms with van der Waals surface area (Å²) < 4.78 is 15.0. The zero-order valence-corrected chi connectivity index (χ0v) is 12.6. The van der Waals surface area contributed by atoms with Crippen LogP contribution < -0.4 is 0 Å². The van der Waals surface area contributed by atoms with Crippen molar-refractivity contribution in [2.45, 2.75) is 39.7 Å². The van der Waals surface area contributed by atoms with Crippen molar-refractivity contribution in [1.29, 1.82) is 0 Å². The highest BCUT2D eigenvalue weighted by molar-refractivity contribution is 5.81. The van der Waals surface area contributed by atoms with Gasteiger partial charge in [0.1, 0.15) is 5.60 Å². The lowest BCUT2D eigenvalue weighted by atomic mass is 9.89. The molecule has 1 fully saturated rings. The van der Waals surface area contributed by atoms with E-state index in [2.05, 4.69) is 4.74 Å². The fraction of sp³-hybridized carbons (Fsp3) is 0.786. The Bertz CT molecular complexity index is 400. The molecule has 6 nitrogen and oxygen atoms in total. The maximum atomic E-state index is 12.1. The zero-order valence-electron chi connectivity index (χ0n) is 12.6. The summed E-state index contributed by atoms with van der Waals surface area (Å²) in [6.07, 6.45) is 0.237. The van der Waals surface area contributed by atoms with Crippen LogP contribution in [0.3, 0.4) is 0 Å². The summed E-state index contributed by atoms with van der Waals surface area (Å²) in [6, 6.07) is 0. The molecular formula is C14H22O6. The van der Waals surface area contributed by atoms with Crippen LogP contribution in [0.5, 0.6) is 0 Å². The van der Waals surface area contributed by atoms with Gasteiger partial charge in [0.05, 0.1) is 32.0 Å². The van der Waals surface area contributed by atoms with Crippen molar-refractivity contribution in [3.63, 3.8) is 0 Å². The van der Waals surface area contributed by atoms with Gasteiger partial charge in [-0.1, -0.05) is 13.8 Å². The van der Waals surface area contributed by atoms with Gasteiger partial charge in [-0.15, -0.1) is 0 Å². The van der Waals surface area contributed by atoms with Crippen molar-refractivity contribution in [3.8, 4) is 0 Å². The molecule has 0 spiro atoms. The van der Waals surface area contributed by atoms with Crippen molar-refractivity contribution in [2.24, 2.45) is 17.8 Å². The topological polar surface area (TPSA) is 78.9 Å². The smallest absolute Gasteiger partial charge is 0.310 e. The highest BCUT2D eigenvalue weighted by Crippen LogP contribution is 2.31. The Kier molecular flexibility index (Phi) is 5.14. The summed E-state index contributed by atoms with van der Waals surface area (Å²) in [5.74, 6) is -2.57. The molecule has 0 aromatic rings. The van der Waals surface area contributed by atoms with Crippen LogP contribution in [-0.2, 0) is 28.6 Å². The standard InChI is InChI=1S/C14H22O6/c1-8(12(16)18-5)9(2)13(17)20-14(3,4)10-6-11(15)19-7-10/h8-10H,6-7H2,1-5H3. The normalized spacial score (nSPS) is 21.9. The largest absolute Gasteiger partial charge is 0.469 e. The third-order valence-corrected chi connectivity index (χ3v) is 3.90. The maximum Gasteiger partial charge on any atom is 0.310 e. The minimum Gasteiger partial charge on any atom is -0.469 e. The molecule has 0 radical (unpaired) electrons. The van der Waals surface area contributed by atoms with E-state index in [0.717, 1.165) is 0 Å². The Labute approximate surface area is 118 Å². The Morgan fingerprint density at radius 3 is 2.25 bits per heavy atom. The molecule has 0 saturated carbocycles. The maximum absolute atomic E-state index is 12.1. The summed E-state index contributed by atoms with van der Waals surface area (Å²) >= 11 is 0. The summed E-state index contributed by atoms with van der Waals surface area (Å²) in [7, 11) is 1.28. The summed E-state index contributed by atoms with van der Waals surface area (Å²) in [6.45, 7) is 6.98. The number of rotatable bonds is 5. The molecule has 1 heterocycles. The minimum absolute atomic E-state index is 0.167. The van der Waals surface area contributed by atoms with Gasteiger partial charge in [0.25, 0.3) is 0 Å². The van der Waals surface area contributed by atoms with Crippen LogP contribution in [0.15, 0.2) is 0 Å². The second kappa shape index (κ2) is 6.24. The van der Waals surface area contributed by atoms with Gasteiger partial charge in [-0.3, -0.25) is 14.4 Å². The second-order valence-electron chi connectivity index (χ2n) is 5.71. The molecule has 0 aromatic heterocycles. The van der Waals surface area contributed by atoms with Crippen LogP contribution in [0.2, 0.25) is 0 Å². The third kappa shape index (κ3) is 3.71. The molecule has 0 amide bonds. The van der Waals surface area contributed by atoms with Crippen molar-refractivity contribution in [3.05, 3.63) is 0 Å². The number of esters is 3. The lowest BCUT2D eigenvalue weighted by Crippen LogP contribution is -2.40. The van der Waals surface area contributed by atoms with Crippen molar-refractivity contribution in [2.75, 3.05) is 13.7 Å². The first kappa shape index (κ1) is 16.5. The van der Waals surface area contributed by atoms with Gasteiger partial charge in [0.15, 0.2) is 0 Å². The Morgan fingerprint density at radius 2 is 1.80 bits per heavy atom. The summed E-state index contributed by atoms with van der Waals surface area (Å²) in [5.41, 5.74) is -0.812. The Hall–Kier alpha value is -1.59. The highest BCUT2D eigenvalue weighted by Gasteiger charge is 2.41. The first-order valence-electron chi connectivity index (χ1n) is 6.65. The monoisotopic (exact) mass is 286 g/mol. The molecule has 1 rings (SSSR count). The van der Waals surface area contributed by atoms with Crippen molar-refractivity contribution in [1.82, 2.24) is 0 Å². The Balaban J connectivity index is 2.64. The quantitative estimate of drug-likeness (QED) is 0.560. The molecule has 3 unspecified atom stereocenters. The Morgan fingerprint density at radius 1 is 1.25 bits per heavy atom. The summed E-state index contributed by atoms with van der Waals surface area (Å²) in [4.78, 5) is 34.7. The number of cyclic esters (lactones) is 1. The molecule has 6 heteroatoms. The van der Waals surface area contributed by atoms with E-state index in [0.29, 0.717) is 0 Å². The van der Waals surface area contributed by atoms with Crippen LogP contribution in [-0.4, -0.2) is 37.2 Å². The van der Waals surface area contributed by atoms with E-state index in [9.17, 15) is 14.4 Å². The molecule has 0 bridgehead atoms. The van der Waals surface area contributed by atoms with Crippen LogP contribution in [0, 0.1) is 17.8 Å². The van der Waals surface area contributed by atoms with E-state index < -0.39 is 29.4 Å². The number of methoxy groups -OCH3 is 1. The van der Waals surface area contributed by atoms with Gasteiger partial charge in [0, 0.05) is 5.92 Å². The summed E-state index contributed by atoms with van der Waals surface area (Å²) in [5, 5.41) is 0. The lowest BCUT2D eigenvalue weighted by Gasteiger charge is -2.31. The van der Waals surface area contributed by atoms with Crippen LogP contribution >= 0.6 is 0 Å². The van der Waals surface area contributed by atoms with Crippen molar-refractivity contribution < 1.29 is 28.6 Å². The molecule has 114 valence electrons. The van der Waals surface area contributed by atoms with Gasteiger partial charge < -0.3 is 14.2 Å². The number of hydrogen-bond donors (Lipinski definition) is 0. The average molecular weight is 286 g/mol. The van der Waals surface area contributed by atoms with E-state index in [-0.39, 0.29) is 24.9 Å². The fourth-order valence-electron chi connectivity index (χ4n) is 1.99. The first-order chi connectivity index (χ1) is 9.19. The van der Waals surface area contributed by atoms with E-state index in [1.165, 1.54) is 7.11 Å². The van der Waals surface area contributed by atoms with Gasteiger partial charge in [0.2, 0.25) is 0 Å². The molecule has 1 aliphatic rings. The van der Waals surface area contributed by atoms with Crippen LogP contribution in [0.25, 0.3) is 0 Å². The SMILES string of the molecule is COC(=O)C(C)C(C)C(=O)OC(C)(C)C1COC(=O)C1. The lowest BCUT2D eigenvalue weighted by molar-refractivity contribution is -0.171. The molecule has 0 N–H and O–H groups in total.